The molecule has 152 valence electrons. The van der Waals surface area contributed by atoms with Gasteiger partial charge in [0, 0.05) is 16.7 Å². The predicted octanol–water partition coefficient (Wildman–Crippen LogP) is 6.48. The maximum atomic E-state index is 14.8. The van der Waals surface area contributed by atoms with E-state index in [-0.39, 0.29) is 0 Å². The molecule has 4 aromatic carbocycles. The molecule has 1 atom stereocenters. The molecule has 0 saturated carbocycles. The zero-order chi connectivity index (χ0) is 21.4. The Morgan fingerprint density at radius 3 is 1.87 bits per heavy atom. The Bertz CT molecular complexity index is 1340. The van der Waals surface area contributed by atoms with E-state index in [2.05, 4.69) is 18.2 Å². The first-order chi connectivity index (χ1) is 15.1. The van der Waals surface area contributed by atoms with E-state index in [1.165, 1.54) is 0 Å². The van der Waals surface area contributed by atoms with Gasteiger partial charge in [0.15, 0.2) is 0 Å². The maximum absolute atomic E-state index is 14.8. The standard InChI is InChI=1S/C28H23O2P/c1-20-12-9-10-19-25(20)31(29)28-21(2)13-11-18-24(28)26(22-14-5-3-6-15-22)27(30-31)23-16-7-4-8-17-23/h3-19H,1-2H3. The minimum atomic E-state index is -3.37. The van der Waals surface area contributed by atoms with Crippen molar-refractivity contribution in [2.24, 2.45) is 0 Å². The Morgan fingerprint density at radius 2 is 1.19 bits per heavy atom. The fourth-order valence-electron chi connectivity index (χ4n) is 4.33. The summed E-state index contributed by atoms with van der Waals surface area (Å²) < 4.78 is 21.4. The van der Waals surface area contributed by atoms with E-state index in [1.54, 1.807) is 0 Å². The van der Waals surface area contributed by atoms with Crippen molar-refractivity contribution in [2.45, 2.75) is 13.8 Å². The number of hydrogen-bond donors (Lipinski definition) is 0. The third-order valence-corrected chi connectivity index (χ3v) is 8.54. The molecule has 1 aliphatic heterocycles. The highest BCUT2D eigenvalue weighted by Gasteiger charge is 2.41. The average Bonchev–Trinajstić information content (AvgIpc) is 2.80. The van der Waals surface area contributed by atoms with Gasteiger partial charge in [0.1, 0.15) is 5.76 Å². The van der Waals surface area contributed by atoms with Gasteiger partial charge in [-0.2, -0.15) is 0 Å². The van der Waals surface area contributed by atoms with Crippen molar-refractivity contribution in [3.05, 3.63) is 131 Å². The van der Waals surface area contributed by atoms with E-state index in [9.17, 15) is 4.57 Å². The van der Waals surface area contributed by atoms with Crippen molar-refractivity contribution in [3.63, 3.8) is 0 Å². The first-order valence-corrected chi connectivity index (χ1v) is 12.0. The van der Waals surface area contributed by atoms with E-state index >= 15 is 0 Å². The molecule has 2 nitrogen and oxygen atoms in total. The number of hydrogen-bond acceptors (Lipinski definition) is 2. The molecule has 0 aromatic heterocycles. The molecule has 4 aromatic rings. The second-order valence-corrected chi connectivity index (χ2v) is 10.1. The van der Waals surface area contributed by atoms with E-state index in [0.29, 0.717) is 5.76 Å². The van der Waals surface area contributed by atoms with Crippen molar-refractivity contribution < 1.29 is 9.09 Å². The fraction of sp³-hybridized carbons (Fsp3) is 0.0714. The SMILES string of the molecule is Cc1ccccc1P1(=O)OC(c2ccccc2)=C(c2ccccc2)c2cccc(C)c21. The van der Waals surface area contributed by atoms with Crippen LogP contribution in [-0.2, 0) is 9.09 Å². The molecular weight excluding hydrogens is 399 g/mol. The van der Waals surface area contributed by atoms with Gasteiger partial charge in [-0.05, 0) is 36.6 Å². The van der Waals surface area contributed by atoms with Crippen LogP contribution < -0.4 is 10.6 Å². The summed E-state index contributed by atoms with van der Waals surface area (Å²) in [7, 11) is -3.37. The fourth-order valence-corrected chi connectivity index (χ4v) is 7.08. The average molecular weight is 422 g/mol. The van der Waals surface area contributed by atoms with Gasteiger partial charge < -0.3 is 4.52 Å². The summed E-state index contributed by atoms with van der Waals surface area (Å²) in [6.45, 7) is 4.01. The van der Waals surface area contributed by atoms with Crippen LogP contribution in [0.4, 0.5) is 0 Å². The van der Waals surface area contributed by atoms with Crippen LogP contribution in [0.25, 0.3) is 11.3 Å². The summed E-state index contributed by atoms with van der Waals surface area (Å²) in [5.74, 6) is 0.663. The third-order valence-electron chi connectivity index (χ3n) is 5.78. The zero-order valence-electron chi connectivity index (χ0n) is 17.6. The van der Waals surface area contributed by atoms with Crippen LogP contribution in [0.3, 0.4) is 0 Å². The molecule has 31 heavy (non-hydrogen) atoms. The Morgan fingerprint density at radius 1 is 0.613 bits per heavy atom. The summed E-state index contributed by atoms with van der Waals surface area (Å²) >= 11 is 0. The number of benzene rings is 4. The van der Waals surface area contributed by atoms with Crippen molar-refractivity contribution >= 4 is 29.3 Å². The Labute approximate surface area is 183 Å². The molecule has 1 heterocycles. The molecule has 0 bridgehead atoms. The summed E-state index contributed by atoms with van der Waals surface area (Å²) in [4.78, 5) is 0. The second-order valence-electron chi connectivity index (χ2n) is 7.84. The molecule has 0 amide bonds. The highest BCUT2D eigenvalue weighted by molar-refractivity contribution is 7.75. The lowest BCUT2D eigenvalue weighted by Crippen LogP contribution is -2.28. The first kappa shape index (κ1) is 19.6. The van der Waals surface area contributed by atoms with Crippen molar-refractivity contribution in [3.8, 4) is 0 Å². The van der Waals surface area contributed by atoms with Crippen LogP contribution in [-0.4, -0.2) is 0 Å². The molecule has 0 saturated heterocycles. The highest BCUT2D eigenvalue weighted by atomic mass is 31.2. The summed E-state index contributed by atoms with van der Waals surface area (Å²) in [5.41, 5.74) is 5.86. The lowest BCUT2D eigenvalue weighted by Gasteiger charge is -2.33. The van der Waals surface area contributed by atoms with Gasteiger partial charge in [-0.15, -0.1) is 0 Å². The van der Waals surface area contributed by atoms with E-state index in [0.717, 1.165) is 44.0 Å². The van der Waals surface area contributed by atoms with Crippen LogP contribution >= 0.6 is 7.37 Å². The number of rotatable bonds is 3. The second kappa shape index (κ2) is 7.72. The maximum Gasteiger partial charge on any atom is 0.307 e. The Hall–Kier alpha value is -3.35. The lowest BCUT2D eigenvalue weighted by molar-refractivity contribution is 0.479. The van der Waals surface area contributed by atoms with Crippen molar-refractivity contribution in [2.75, 3.05) is 0 Å². The predicted molar refractivity (Wildman–Crippen MR) is 129 cm³/mol. The largest absolute Gasteiger partial charge is 0.436 e. The van der Waals surface area contributed by atoms with Gasteiger partial charge in [0.25, 0.3) is 0 Å². The molecule has 0 N–H and O–H groups in total. The van der Waals surface area contributed by atoms with E-state index in [4.69, 9.17) is 4.52 Å². The summed E-state index contributed by atoms with van der Waals surface area (Å²) in [6.07, 6.45) is 0. The van der Waals surface area contributed by atoms with E-state index < -0.39 is 7.37 Å². The lowest BCUT2D eigenvalue weighted by atomic mass is 9.93. The monoisotopic (exact) mass is 422 g/mol. The zero-order valence-corrected chi connectivity index (χ0v) is 18.5. The molecule has 5 rings (SSSR count). The van der Waals surface area contributed by atoms with Gasteiger partial charge in [0.2, 0.25) is 0 Å². The molecule has 1 unspecified atom stereocenters. The van der Waals surface area contributed by atoms with Crippen LogP contribution in [0.15, 0.2) is 103 Å². The minimum Gasteiger partial charge on any atom is -0.436 e. The Balaban J connectivity index is 1.90. The summed E-state index contributed by atoms with van der Waals surface area (Å²) in [6, 6.07) is 34.1. The van der Waals surface area contributed by atoms with Crippen LogP contribution in [0.1, 0.15) is 27.8 Å². The number of aryl methyl sites for hydroxylation is 2. The highest BCUT2D eigenvalue weighted by Crippen LogP contribution is 2.57. The van der Waals surface area contributed by atoms with Gasteiger partial charge >= 0.3 is 7.37 Å². The van der Waals surface area contributed by atoms with E-state index in [1.807, 2.05) is 98.8 Å². The van der Waals surface area contributed by atoms with Crippen LogP contribution in [0.5, 0.6) is 0 Å². The van der Waals surface area contributed by atoms with Crippen LogP contribution in [0, 0.1) is 13.8 Å². The molecule has 0 fully saturated rings. The normalized spacial score (nSPS) is 17.7. The van der Waals surface area contributed by atoms with Gasteiger partial charge in [-0.1, -0.05) is 97.1 Å². The summed E-state index contributed by atoms with van der Waals surface area (Å²) in [5, 5.41) is 1.55. The molecular formula is C28H23O2P. The van der Waals surface area contributed by atoms with Gasteiger partial charge in [-0.25, -0.2) is 0 Å². The van der Waals surface area contributed by atoms with Gasteiger partial charge in [0.05, 0.1) is 10.6 Å². The molecule has 1 aliphatic rings. The topological polar surface area (TPSA) is 26.3 Å². The molecule has 0 aliphatic carbocycles. The van der Waals surface area contributed by atoms with Crippen molar-refractivity contribution in [1.82, 2.24) is 0 Å². The molecule has 0 spiro atoms. The molecule has 3 heteroatoms. The van der Waals surface area contributed by atoms with Gasteiger partial charge in [-0.3, -0.25) is 4.57 Å². The molecule has 0 radical (unpaired) electrons. The minimum absolute atomic E-state index is 0.663. The third kappa shape index (κ3) is 3.24. The quantitative estimate of drug-likeness (QED) is 0.353. The Kier molecular flexibility index (Phi) is 4.88. The first-order valence-electron chi connectivity index (χ1n) is 10.4. The van der Waals surface area contributed by atoms with Crippen LogP contribution in [0.2, 0.25) is 0 Å². The smallest absolute Gasteiger partial charge is 0.307 e. The number of fused-ring (bicyclic) bond motifs is 1. The van der Waals surface area contributed by atoms with Crippen molar-refractivity contribution in [1.29, 1.82) is 0 Å².